The minimum absolute atomic E-state index is 0.0167. The number of alkyl halides is 5. The molecule has 4 rings (SSSR count). The Morgan fingerprint density at radius 3 is 2.50 bits per heavy atom. The molecule has 0 unspecified atom stereocenters. The van der Waals surface area contributed by atoms with Crippen LogP contribution in [0.5, 0.6) is 5.75 Å². The molecule has 0 atom stereocenters. The van der Waals surface area contributed by atoms with E-state index in [9.17, 15) is 34.8 Å². The minimum atomic E-state index is -4.52. The highest BCUT2D eigenvalue weighted by Gasteiger charge is 2.31. The fourth-order valence-electron chi connectivity index (χ4n) is 4.49. The number of aliphatic hydroxyl groups excluding tert-OH is 1. The third-order valence-corrected chi connectivity index (χ3v) is 9.30. The first-order valence-corrected chi connectivity index (χ1v) is 15.4. The number of sulfone groups is 1. The number of anilines is 3. The number of hydrogen-bond donors (Lipinski definition) is 4. The van der Waals surface area contributed by atoms with E-state index >= 15 is 0 Å². The lowest BCUT2D eigenvalue weighted by molar-refractivity contribution is -0.127. The molecule has 42 heavy (non-hydrogen) atoms. The van der Waals surface area contributed by atoms with Crippen molar-refractivity contribution in [1.82, 2.24) is 0 Å². The van der Waals surface area contributed by atoms with Crippen LogP contribution in [0.2, 0.25) is 0 Å². The quantitative estimate of drug-likeness (QED) is 0.170. The summed E-state index contributed by atoms with van der Waals surface area (Å²) >= 11 is 1.05. The molecule has 0 amide bonds. The summed E-state index contributed by atoms with van der Waals surface area (Å²) in [5, 5.41) is 17.7. The maximum atomic E-state index is 14.4. The molecule has 2 heterocycles. The van der Waals surface area contributed by atoms with Crippen molar-refractivity contribution < 1.29 is 44.6 Å². The molecule has 15 heteroatoms. The number of nitrogens with one attached hydrogen (secondary N) is 3. The van der Waals surface area contributed by atoms with Gasteiger partial charge in [-0.05, 0) is 29.9 Å². The van der Waals surface area contributed by atoms with E-state index in [0.717, 1.165) is 23.5 Å². The summed E-state index contributed by atoms with van der Waals surface area (Å²) in [6.45, 7) is -3.80. The molecule has 4 N–H and O–H groups in total. The highest BCUT2D eigenvalue weighted by Crippen LogP contribution is 2.39. The van der Waals surface area contributed by atoms with E-state index in [1.54, 1.807) is 18.2 Å². The monoisotopic (exact) mass is 635 g/mol. The lowest BCUT2D eigenvalue weighted by Gasteiger charge is -2.24. The van der Waals surface area contributed by atoms with Gasteiger partial charge in [-0.3, -0.25) is 0 Å². The number of hydrogen-bond acceptors (Lipinski definition) is 8. The van der Waals surface area contributed by atoms with E-state index < -0.39 is 34.9 Å². The smallest absolute Gasteiger partial charge is 0.393 e. The molecule has 1 aliphatic rings. The van der Waals surface area contributed by atoms with Crippen LogP contribution in [0.1, 0.15) is 23.3 Å². The second-order valence-corrected chi connectivity index (χ2v) is 12.8. The van der Waals surface area contributed by atoms with Gasteiger partial charge in [-0.1, -0.05) is 24.0 Å². The van der Waals surface area contributed by atoms with Gasteiger partial charge in [0.25, 0.3) is 0 Å². The molecule has 3 aromatic rings. The zero-order chi connectivity index (χ0) is 30.5. The Labute approximate surface area is 242 Å². The van der Waals surface area contributed by atoms with E-state index in [4.69, 9.17) is 5.11 Å². The van der Waals surface area contributed by atoms with Crippen molar-refractivity contribution in [3.05, 3.63) is 46.6 Å². The molecule has 1 fully saturated rings. The van der Waals surface area contributed by atoms with E-state index in [1.807, 2.05) is 0 Å². The molecule has 0 spiro atoms. The molecule has 1 aliphatic heterocycles. The molecule has 7 nitrogen and oxygen atoms in total. The summed E-state index contributed by atoms with van der Waals surface area (Å²) in [6.07, 6.45) is -4.98. The van der Waals surface area contributed by atoms with Crippen LogP contribution in [-0.4, -0.2) is 63.6 Å². The van der Waals surface area contributed by atoms with E-state index in [0.29, 0.717) is 28.6 Å². The van der Waals surface area contributed by atoms with Crippen molar-refractivity contribution >= 4 is 48.3 Å². The third-order valence-electron chi connectivity index (χ3n) is 6.39. The van der Waals surface area contributed by atoms with E-state index in [-0.39, 0.29) is 64.8 Å². The maximum absolute atomic E-state index is 14.4. The van der Waals surface area contributed by atoms with Crippen LogP contribution in [-0.2, 0) is 16.3 Å². The molecule has 2 aromatic carbocycles. The number of thiophene rings is 1. The van der Waals surface area contributed by atoms with E-state index in [2.05, 4.69) is 32.5 Å². The number of aliphatic hydroxyl groups is 1. The largest absolute Gasteiger partial charge is 0.433 e. The van der Waals surface area contributed by atoms with Gasteiger partial charge in [0.05, 0.1) is 57.7 Å². The molecule has 0 aliphatic carbocycles. The predicted octanol–water partition coefficient (Wildman–Crippen LogP) is 5.60. The van der Waals surface area contributed by atoms with Crippen LogP contribution in [0.3, 0.4) is 0 Å². The van der Waals surface area contributed by atoms with Gasteiger partial charge >= 0.3 is 12.8 Å². The first-order chi connectivity index (χ1) is 19.8. The normalized spacial score (nSPS) is 15.3. The van der Waals surface area contributed by atoms with Gasteiger partial charge in [0.1, 0.15) is 15.7 Å². The fraction of sp³-hybridized carbons (Fsp3) is 0.407. The Hall–Kier alpha value is -3.35. The van der Waals surface area contributed by atoms with Crippen molar-refractivity contribution in [2.24, 2.45) is 0 Å². The highest BCUT2D eigenvalue weighted by molar-refractivity contribution is 7.91. The van der Waals surface area contributed by atoms with Gasteiger partial charge in [-0.25, -0.2) is 12.8 Å². The molecule has 0 bridgehead atoms. The number of benzene rings is 2. The second kappa shape index (κ2) is 13.3. The van der Waals surface area contributed by atoms with Crippen molar-refractivity contribution in [2.75, 3.05) is 47.2 Å². The topological polar surface area (TPSA) is 99.7 Å². The Kier molecular flexibility index (Phi) is 10.0. The number of ether oxygens (including phenoxy) is 1. The molecule has 1 aromatic heterocycles. The first kappa shape index (κ1) is 31.6. The van der Waals surface area contributed by atoms with Gasteiger partial charge in [0, 0.05) is 24.7 Å². The Balaban J connectivity index is 1.59. The standard InChI is InChI=1S/C27H27F6N3O4S2/c28-19-13-22(23(40-26(29)30)14-21(19)35-9-10-37)34-8-2-5-24-18(15-27(31,32)33)17-3-1-4-20(25(17)41-24)36-16-6-11-42(38,39)12-7-16/h1,3-4,13-14,16,26,34-37H,6-12,15H2. The van der Waals surface area contributed by atoms with Crippen molar-refractivity contribution in [1.29, 1.82) is 0 Å². The third kappa shape index (κ3) is 8.36. The summed E-state index contributed by atoms with van der Waals surface area (Å²) in [4.78, 5) is 0.156. The predicted molar refractivity (Wildman–Crippen MR) is 151 cm³/mol. The van der Waals surface area contributed by atoms with Crippen LogP contribution in [0.15, 0.2) is 30.3 Å². The number of rotatable bonds is 10. The lowest BCUT2D eigenvalue weighted by atomic mass is 10.1. The molecule has 0 radical (unpaired) electrons. The lowest BCUT2D eigenvalue weighted by Crippen LogP contribution is -2.32. The summed E-state index contributed by atoms with van der Waals surface area (Å²) in [5.74, 6) is 4.27. The molecular weight excluding hydrogens is 608 g/mol. The van der Waals surface area contributed by atoms with E-state index in [1.165, 1.54) is 0 Å². The van der Waals surface area contributed by atoms with Gasteiger partial charge in [-0.2, -0.15) is 22.0 Å². The Bertz CT molecular complexity index is 1570. The highest BCUT2D eigenvalue weighted by atomic mass is 32.2. The van der Waals surface area contributed by atoms with Gasteiger partial charge in [-0.15, -0.1) is 11.3 Å². The van der Waals surface area contributed by atoms with Crippen molar-refractivity contribution in [3.63, 3.8) is 0 Å². The number of fused-ring (bicyclic) bond motifs is 1. The van der Waals surface area contributed by atoms with Gasteiger partial charge < -0.3 is 25.8 Å². The van der Waals surface area contributed by atoms with Crippen LogP contribution < -0.4 is 20.7 Å². The summed E-state index contributed by atoms with van der Waals surface area (Å²) in [5.41, 5.74) is 0.245. The van der Waals surface area contributed by atoms with Crippen LogP contribution in [0, 0.1) is 17.7 Å². The molecule has 228 valence electrons. The Morgan fingerprint density at radius 1 is 1.10 bits per heavy atom. The minimum Gasteiger partial charge on any atom is -0.433 e. The summed E-state index contributed by atoms with van der Waals surface area (Å²) in [7, 11) is -3.09. The van der Waals surface area contributed by atoms with Crippen molar-refractivity contribution in [3.8, 4) is 17.6 Å². The van der Waals surface area contributed by atoms with Crippen LogP contribution in [0.4, 0.5) is 43.4 Å². The van der Waals surface area contributed by atoms with Gasteiger partial charge in [0.2, 0.25) is 0 Å². The zero-order valence-electron chi connectivity index (χ0n) is 22.0. The fourth-order valence-corrected chi connectivity index (χ4v) is 7.15. The first-order valence-electron chi connectivity index (χ1n) is 12.8. The average molecular weight is 636 g/mol. The average Bonchev–Trinajstić information content (AvgIpc) is 3.24. The second-order valence-electron chi connectivity index (χ2n) is 9.47. The SMILES string of the molecule is O=S1(=O)CCC(Nc2cccc3c(CC(F)(F)F)c(C#CCNc4cc(F)c(NCCO)cc4OC(F)F)sc23)CC1. The molecule has 0 saturated carbocycles. The summed E-state index contributed by atoms with van der Waals surface area (Å²) in [6, 6.07) is 6.65. The Morgan fingerprint density at radius 2 is 1.83 bits per heavy atom. The number of halogens is 6. The van der Waals surface area contributed by atoms with Gasteiger partial charge in [0.15, 0.2) is 5.75 Å². The molecular formula is C27H27F6N3O4S2. The van der Waals surface area contributed by atoms with Crippen LogP contribution >= 0.6 is 11.3 Å². The maximum Gasteiger partial charge on any atom is 0.393 e. The zero-order valence-corrected chi connectivity index (χ0v) is 23.6. The van der Waals surface area contributed by atoms with Crippen LogP contribution in [0.25, 0.3) is 10.1 Å². The van der Waals surface area contributed by atoms with Crippen molar-refractivity contribution in [2.45, 2.75) is 38.1 Å². The summed E-state index contributed by atoms with van der Waals surface area (Å²) < 4.78 is 109. The molecule has 1 saturated heterocycles.